The molecule has 0 unspecified atom stereocenters. The third kappa shape index (κ3) is 2.63. The van der Waals surface area contributed by atoms with E-state index in [1.165, 1.54) is 11.4 Å². The molecule has 4 rings (SSSR count). The van der Waals surface area contributed by atoms with Crippen molar-refractivity contribution in [1.29, 1.82) is 0 Å². The summed E-state index contributed by atoms with van der Waals surface area (Å²) >= 11 is 0. The summed E-state index contributed by atoms with van der Waals surface area (Å²) in [6.07, 6.45) is 0. The van der Waals surface area contributed by atoms with Crippen LogP contribution in [0.4, 0.5) is 11.4 Å². The first kappa shape index (κ1) is 14.1. The lowest BCUT2D eigenvalue weighted by Gasteiger charge is -2.37. The first-order valence-electron chi connectivity index (χ1n) is 7.88. The van der Waals surface area contributed by atoms with E-state index < -0.39 is 0 Å². The van der Waals surface area contributed by atoms with Gasteiger partial charge in [0, 0.05) is 37.9 Å². The van der Waals surface area contributed by atoms with Gasteiger partial charge in [0.1, 0.15) is 5.75 Å². The standard InChI is InChI=1S/C18H20N2O3/c1-21-16-5-3-2-4-15(16)20-10-8-19(9-11-20)14-6-7-17-18(12-14)23-13-22-17/h2-7,12H,8-11,13H2,1H3. The predicted molar refractivity (Wildman–Crippen MR) is 90.0 cm³/mol. The normalized spacial score (nSPS) is 16.6. The van der Waals surface area contributed by atoms with E-state index in [1.54, 1.807) is 7.11 Å². The molecule has 0 N–H and O–H groups in total. The van der Waals surface area contributed by atoms with Crippen LogP contribution in [-0.2, 0) is 0 Å². The number of anilines is 2. The van der Waals surface area contributed by atoms with Gasteiger partial charge in [-0.2, -0.15) is 0 Å². The smallest absolute Gasteiger partial charge is 0.231 e. The summed E-state index contributed by atoms with van der Waals surface area (Å²) in [6, 6.07) is 14.4. The summed E-state index contributed by atoms with van der Waals surface area (Å²) in [5.41, 5.74) is 2.36. The maximum atomic E-state index is 5.47. The highest BCUT2D eigenvalue weighted by molar-refractivity contribution is 5.61. The Morgan fingerprint density at radius 1 is 0.870 bits per heavy atom. The van der Waals surface area contributed by atoms with Crippen molar-refractivity contribution in [2.45, 2.75) is 0 Å². The maximum Gasteiger partial charge on any atom is 0.231 e. The van der Waals surface area contributed by atoms with E-state index >= 15 is 0 Å². The molecular weight excluding hydrogens is 292 g/mol. The Morgan fingerprint density at radius 3 is 2.43 bits per heavy atom. The van der Waals surface area contributed by atoms with E-state index in [1.807, 2.05) is 18.2 Å². The number of nitrogens with zero attached hydrogens (tertiary/aromatic N) is 2. The lowest BCUT2D eigenvalue weighted by Crippen LogP contribution is -2.46. The Kier molecular flexibility index (Phi) is 3.61. The number of ether oxygens (including phenoxy) is 3. The monoisotopic (exact) mass is 312 g/mol. The molecule has 2 aromatic carbocycles. The molecule has 2 aliphatic heterocycles. The molecule has 5 nitrogen and oxygen atoms in total. The molecule has 1 saturated heterocycles. The summed E-state index contributed by atoms with van der Waals surface area (Å²) in [5, 5.41) is 0. The van der Waals surface area contributed by atoms with Gasteiger partial charge in [-0.25, -0.2) is 0 Å². The van der Waals surface area contributed by atoms with Gasteiger partial charge in [-0.15, -0.1) is 0 Å². The number of para-hydroxylation sites is 2. The second kappa shape index (κ2) is 5.91. The second-order valence-corrected chi connectivity index (χ2v) is 5.68. The molecule has 0 radical (unpaired) electrons. The SMILES string of the molecule is COc1ccccc1N1CCN(c2ccc3c(c2)OCO3)CC1. The lowest BCUT2D eigenvalue weighted by atomic mass is 10.2. The van der Waals surface area contributed by atoms with Crippen molar-refractivity contribution in [2.24, 2.45) is 0 Å². The van der Waals surface area contributed by atoms with Gasteiger partial charge in [-0.3, -0.25) is 0 Å². The Labute approximate surface area is 136 Å². The van der Waals surface area contributed by atoms with Gasteiger partial charge >= 0.3 is 0 Å². The average Bonchev–Trinajstić information content (AvgIpc) is 3.09. The van der Waals surface area contributed by atoms with E-state index in [-0.39, 0.29) is 0 Å². The third-order valence-corrected chi connectivity index (χ3v) is 4.43. The van der Waals surface area contributed by atoms with Gasteiger partial charge in [-0.1, -0.05) is 12.1 Å². The molecule has 5 heteroatoms. The molecule has 0 bridgehead atoms. The highest BCUT2D eigenvalue weighted by Gasteiger charge is 2.21. The van der Waals surface area contributed by atoms with Crippen LogP contribution in [-0.4, -0.2) is 40.1 Å². The molecule has 120 valence electrons. The summed E-state index contributed by atoms with van der Waals surface area (Å²) in [7, 11) is 1.72. The highest BCUT2D eigenvalue weighted by atomic mass is 16.7. The Morgan fingerprint density at radius 2 is 1.61 bits per heavy atom. The van der Waals surface area contributed by atoms with Gasteiger partial charge in [0.2, 0.25) is 6.79 Å². The molecule has 2 aromatic rings. The summed E-state index contributed by atoms with van der Waals surface area (Å²) in [5.74, 6) is 2.61. The summed E-state index contributed by atoms with van der Waals surface area (Å²) < 4.78 is 16.3. The molecule has 0 atom stereocenters. The molecule has 0 aliphatic carbocycles. The minimum Gasteiger partial charge on any atom is -0.495 e. The lowest BCUT2D eigenvalue weighted by molar-refractivity contribution is 0.174. The summed E-state index contributed by atoms with van der Waals surface area (Å²) in [6.45, 7) is 4.19. The fraction of sp³-hybridized carbons (Fsp3) is 0.333. The highest BCUT2D eigenvalue weighted by Crippen LogP contribution is 2.36. The zero-order valence-electron chi connectivity index (χ0n) is 13.2. The van der Waals surface area contributed by atoms with Gasteiger partial charge in [-0.05, 0) is 24.3 Å². The predicted octanol–water partition coefficient (Wildman–Crippen LogP) is 2.75. The van der Waals surface area contributed by atoms with Crippen LogP contribution in [0.25, 0.3) is 0 Å². The van der Waals surface area contributed by atoms with Crippen LogP contribution in [0.3, 0.4) is 0 Å². The number of rotatable bonds is 3. The van der Waals surface area contributed by atoms with Crippen molar-refractivity contribution in [2.75, 3.05) is 49.9 Å². The zero-order valence-corrected chi connectivity index (χ0v) is 13.2. The molecule has 0 amide bonds. The fourth-order valence-electron chi connectivity index (χ4n) is 3.18. The number of hydrogen-bond donors (Lipinski definition) is 0. The first-order valence-corrected chi connectivity index (χ1v) is 7.88. The van der Waals surface area contributed by atoms with E-state index in [0.29, 0.717) is 6.79 Å². The Hall–Kier alpha value is -2.56. The van der Waals surface area contributed by atoms with Crippen LogP contribution in [0.15, 0.2) is 42.5 Å². The average molecular weight is 312 g/mol. The number of benzene rings is 2. The number of hydrogen-bond acceptors (Lipinski definition) is 5. The van der Waals surface area contributed by atoms with Crippen LogP contribution in [0.5, 0.6) is 17.2 Å². The number of fused-ring (bicyclic) bond motifs is 1. The van der Waals surface area contributed by atoms with Crippen LogP contribution in [0.1, 0.15) is 0 Å². The van der Waals surface area contributed by atoms with Crippen LogP contribution >= 0.6 is 0 Å². The van der Waals surface area contributed by atoms with Gasteiger partial charge in [0.25, 0.3) is 0 Å². The minimum atomic E-state index is 0.320. The molecule has 1 fully saturated rings. The molecule has 0 spiro atoms. The van der Waals surface area contributed by atoms with Crippen LogP contribution < -0.4 is 24.0 Å². The largest absolute Gasteiger partial charge is 0.495 e. The van der Waals surface area contributed by atoms with Crippen molar-refractivity contribution in [1.82, 2.24) is 0 Å². The van der Waals surface area contributed by atoms with Gasteiger partial charge in [0.15, 0.2) is 11.5 Å². The van der Waals surface area contributed by atoms with Crippen molar-refractivity contribution in [3.63, 3.8) is 0 Å². The summed E-state index contributed by atoms with van der Waals surface area (Å²) in [4.78, 5) is 4.76. The minimum absolute atomic E-state index is 0.320. The molecule has 2 aliphatic rings. The maximum absolute atomic E-state index is 5.47. The van der Waals surface area contributed by atoms with Crippen molar-refractivity contribution in [3.05, 3.63) is 42.5 Å². The molecule has 0 aromatic heterocycles. The van der Waals surface area contributed by atoms with Gasteiger partial charge in [0.05, 0.1) is 12.8 Å². The van der Waals surface area contributed by atoms with Crippen LogP contribution in [0, 0.1) is 0 Å². The van der Waals surface area contributed by atoms with Crippen molar-refractivity contribution < 1.29 is 14.2 Å². The van der Waals surface area contributed by atoms with Crippen molar-refractivity contribution in [3.8, 4) is 17.2 Å². The zero-order chi connectivity index (χ0) is 15.6. The molecular formula is C18H20N2O3. The Balaban J connectivity index is 1.47. The third-order valence-electron chi connectivity index (χ3n) is 4.43. The Bertz CT molecular complexity index is 696. The van der Waals surface area contributed by atoms with Crippen molar-refractivity contribution >= 4 is 11.4 Å². The van der Waals surface area contributed by atoms with E-state index in [4.69, 9.17) is 14.2 Å². The molecule has 2 heterocycles. The molecule has 0 saturated carbocycles. The van der Waals surface area contributed by atoms with E-state index in [9.17, 15) is 0 Å². The second-order valence-electron chi connectivity index (χ2n) is 5.68. The number of piperazine rings is 1. The van der Waals surface area contributed by atoms with Crippen LogP contribution in [0.2, 0.25) is 0 Å². The van der Waals surface area contributed by atoms with Gasteiger partial charge < -0.3 is 24.0 Å². The topological polar surface area (TPSA) is 34.2 Å². The quantitative estimate of drug-likeness (QED) is 0.870. The number of methoxy groups -OCH3 is 1. The molecule has 23 heavy (non-hydrogen) atoms. The fourth-order valence-corrected chi connectivity index (χ4v) is 3.18. The van der Waals surface area contributed by atoms with E-state index in [2.05, 4.69) is 34.1 Å². The van der Waals surface area contributed by atoms with E-state index in [0.717, 1.165) is 43.4 Å². The first-order chi connectivity index (χ1) is 11.3.